The Balaban J connectivity index is 1.23. The summed E-state index contributed by atoms with van der Waals surface area (Å²) in [6, 6.07) is 24.6. The molecule has 0 aliphatic carbocycles. The molecule has 4 aromatic carbocycles. The van der Waals surface area contributed by atoms with E-state index in [-0.39, 0.29) is 17.9 Å². The average molecular weight is 721 g/mol. The van der Waals surface area contributed by atoms with Crippen LogP contribution in [0.5, 0.6) is 23.0 Å². The monoisotopic (exact) mass is 720 g/mol. The van der Waals surface area contributed by atoms with Gasteiger partial charge in [-0.3, -0.25) is 0 Å². The van der Waals surface area contributed by atoms with Crippen LogP contribution in [0.2, 0.25) is 0 Å². The van der Waals surface area contributed by atoms with Crippen LogP contribution in [0.25, 0.3) is 0 Å². The minimum atomic E-state index is -0.642. The van der Waals surface area contributed by atoms with Gasteiger partial charge in [-0.15, -0.1) is 0 Å². The number of benzene rings is 4. The van der Waals surface area contributed by atoms with Crippen LogP contribution in [-0.4, -0.2) is 56.6 Å². The number of unbranched alkanes of at least 4 members (excludes halogenated alkanes) is 1. The quantitative estimate of drug-likeness (QED) is 0.0195. The molecule has 0 aromatic heterocycles. The summed E-state index contributed by atoms with van der Waals surface area (Å²) in [5, 5.41) is 8.10. The van der Waals surface area contributed by atoms with E-state index in [2.05, 4.69) is 23.4 Å². The molecular weight excluding hydrogens is 684 g/mol. The van der Waals surface area contributed by atoms with E-state index in [0.29, 0.717) is 60.0 Å². The third-order valence-corrected chi connectivity index (χ3v) is 6.97. The smallest absolute Gasteiger partial charge is 0.343 e. The molecule has 0 aliphatic heterocycles. The highest BCUT2D eigenvalue weighted by Gasteiger charge is 2.15. The minimum absolute atomic E-state index is 0.0450. The lowest BCUT2D eigenvalue weighted by Gasteiger charge is -2.10. The highest BCUT2D eigenvalue weighted by molar-refractivity contribution is 5.95. The van der Waals surface area contributed by atoms with Crippen molar-refractivity contribution in [2.75, 3.05) is 20.3 Å². The van der Waals surface area contributed by atoms with E-state index in [1.807, 2.05) is 0 Å². The molecule has 272 valence electrons. The van der Waals surface area contributed by atoms with E-state index in [9.17, 15) is 19.2 Å². The molecule has 0 bridgehead atoms. The number of ether oxygens (including phenoxy) is 5. The van der Waals surface area contributed by atoms with Crippen molar-refractivity contribution < 1.29 is 52.6 Å². The molecule has 0 fully saturated rings. The molecule has 0 aliphatic rings. The molecule has 0 heterocycles. The summed E-state index contributed by atoms with van der Waals surface area (Å²) >= 11 is 0. The van der Waals surface area contributed by atoms with Crippen LogP contribution >= 0.6 is 0 Å². The molecule has 4 aromatic rings. The Kier molecular flexibility index (Phi) is 15.2. The molecule has 4 rings (SSSR count). The number of rotatable bonds is 19. The van der Waals surface area contributed by atoms with E-state index in [1.165, 1.54) is 31.7 Å². The molecule has 0 amide bonds. The maximum absolute atomic E-state index is 12.6. The first kappa shape index (κ1) is 38.9. The summed E-state index contributed by atoms with van der Waals surface area (Å²) < 4.78 is 26.0. The Morgan fingerprint density at radius 3 is 1.94 bits per heavy atom. The lowest BCUT2D eigenvalue weighted by Crippen LogP contribution is -2.08. The Bertz CT molecular complexity index is 1940. The molecule has 0 spiro atoms. The Morgan fingerprint density at radius 1 is 0.660 bits per heavy atom. The summed E-state index contributed by atoms with van der Waals surface area (Å²) in [6.07, 6.45) is 6.50. The van der Waals surface area contributed by atoms with E-state index >= 15 is 0 Å². The molecule has 13 heteroatoms. The zero-order chi connectivity index (χ0) is 37.8. The summed E-state index contributed by atoms with van der Waals surface area (Å²) in [5.74, 6) is -0.751. The van der Waals surface area contributed by atoms with Crippen LogP contribution in [0.3, 0.4) is 0 Å². The first-order valence-corrected chi connectivity index (χ1v) is 16.1. The number of methoxy groups -OCH3 is 1. The van der Waals surface area contributed by atoms with Crippen molar-refractivity contribution in [3.8, 4) is 23.0 Å². The molecule has 0 saturated carbocycles. The van der Waals surface area contributed by atoms with Crippen molar-refractivity contribution in [1.82, 2.24) is 0 Å². The van der Waals surface area contributed by atoms with E-state index in [1.54, 1.807) is 78.9 Å². The van der Waals surface area contributed by atoms with Crippen molar-refractivity contribution in [1.29, 1.82) is 0 Å². The zero-order valence-corrected chi connectivity index (χ0v) is 28.8. The lowest BCUT2D eigenvalue weighted by molar-refractivity contribution is -0.217. The number of carbonyl (C=O) groups excluding carboxylic acids is 4. The SMILES string of the molecule is C=CC(=O)OCCCCOc1ccc(C(=O)Oc2ccc(/C=N/N=C/c3ccc(OOCc4ccc(OC(=O)C=C)cc4)c(C(=O)OC)c3)cc2)cc1. The first-order chi connectivity index (χ1) is 25.8. The fraction of sp³-hybridized carbons (Fsp3) is 0.150. The van der Waals surface area contributed by atoms with Crippen molar-refractivity contribution in [3.63, 3.8) is 0 Å². The van der Waals surface area contributed by atoms with Crippen LogP contribution in [0.1, 0.15) is 50.2 Å². The minimum Gasteiger partial charge on any atom is -0.494 e. The van der Waals surface area contributed by atoms with Gasteiger partial charge in [0.15, 0.2) is 5.75 Å². The highest BCUT2D eigenvalue weighted by atomic mass is 17.2. The molecule has 0 saturated heterocycles. The second-order valence-electron chi connectivity index (χ2n) is 10.8. The van der Waals surface area contributed by atoms with Crippen molar-refractivity contribution in [3.05, 3.63) is 144 Å². The van der Waals surface area contributed by atoms with Crippen molar-refractivity contribution in [2.45, 2.75) is 19.4 Å². The predicted octanol–water partition coefficient (Wildman–Crippen LogP) is 6.64. The van der Waals surface area contributed by atoms with Crippen LogP contribution in [0.15, 0.2) is 127 Å². The van der Waals surface area contributed by atoms with Gasteiger partial charge in [-0.25, -0.2) is 19.2 Å². The zero-order valence-electron chi connectivity index (χ0n) is 28.8. The second kappa shape index (κ2) is 20.7. The van der Waals surface area contributed by atoms with Gasteiger partial charge in [0.1, 0.15) is 29.4 Å². The molecule has 13 nitrogen and oxygen atoms in total. The third-order valence-electron chi connectivity index (χ3n) is 6.97. The lowest BCUT2D eigenvalue weighted by atomic mass is 10.1. The van der Waals surface area contributed by atoms with E-state index < -0.39 is 23.9 Å². The summed E-state index contributed by atoms with van der Waals surface area (Å²) in [7, 11) is 1.25. The molecule has 53 heavy (non-hydrogen) atoms. The predicted molar refractivity (Wildman–Crippen MR) is 194 cm³/mol. The van der Waals surface area contributed by atoms with Crippen molar-refractivity contribution >= 4 is 36.3 Å². The van der Waals surface area contributed by atoms with Gasteiger partial charge in [0.25, 0.3) is 0 Å². The van der Waals surface area contributed by atoms with Gasteiger partial charge < -0.3 is 28.6 Å². The molecule has 0 atom stereocenters. The van der Waals surface area contributed by atoms with Gasteiger partial charge in [-0.2, -0.15) is 15.1 Å². The van der Waals surface area contributed by atoms with Crippen LogP contribution in [-0.2, 0) is 30.6 Å². The molecule has 0 radical (unpaired) electrons. The summed E-state index contributed by atoms with van der Waals surface area (Å²) in [6.45, 7) is 7.48. The standard InChI is InChI=1S/C40H36N2O11/c1-4-37(43)49-23-7-6-22-48-32-19-13-31(14-20-32)39(45)52-34-15-8-28(9-16-34)25-41-42-26-30-12-21-36(35(24-30)40(46)47-3)53-50-27-29-10-17-33(18-11-29)51-38(44)5-2/h4-5,8-21,24-26H,1-2,6-7,22-23,27H2,3H3/b41-25+,42-26+. The van der Waals surface area contributed by atoms with Gasteiger partial charge in [0.05, 0.1) is 38.3 Å². The first-order valence-electron chi connectivity index (χ1n) is 16.1. The third kappa shape index (κ3) is 13.1. The maximum atomic E-state index is 12.6. The van der Waals surface area contributed by atoms with Gasteiger partial charge in [0, 0.05) is 12.2 Å². The van der Waals surface area contributed by atoms with Crippen LogP contribution in [0.4, 0.5) is 0 Å². The van der Waals surface area contributed by atoms with Gasteiger partial charge in [-0.1, -0.05) is 25.3 Å². The normalized spacial score (nSPS) is 10.7. The topological polar surface area (TPSA) is 158 Å². The Labute approximate surface area is 305 Å². The summed E-state index contributed by atoms with van der Waals surface area (Å²) in [4.78, 5) is 58.1. The number of hydrogen-bond donors (Lipinski definition) is 0. The van der Waals surface area contributed by atoms with Gasteiger partial charge in [-0.05, 0) is 108 Å². The van der Waals surface area contributed by atoms with Gasteiger partial charge in [0.2, 0.25) is 0 Å². The number of esters is 4. The Hall–Kier alpha value is -6.86. The molecule has 0 unspecified atom stereocenters. The van der Waals surface area contributed by atoms with Crippen molar-refractivity contribution in [2.24, 2.45) is 10.2 Å². The fourth-order valence-electron chi connectivity index (χ4n) is 4.24. The number of carbonyl (C=O) groups is 4. The Morgan fingerprint density at radius 2 is 1.26 bits per heavy atom. The molecule has 0 N–H and O–H groups in total. The number of nitrogens with zero attached hydrogens (tertiary/aromatic N) is 2. The van der Waals surface area contributed by atoms with E-state index in [4.69, 9.17) is 33.5 Å². The van der Waals surface area contributed by atoms with E-state index in [0.717, 1.165) is 17.7 Å². The second-order valence-corrected chi connectivity index (χ2v) is 10.8. The van der Waals surface area contributed by atoms with Crippen LogP contribution in [0, 0.1) is 0 Å². The maximum Gasteiger partial charge on any atom is 0.343 e. The largest absolute Gasteiger partial charge is 0.494 e. The van der Waals surface area contributed by atoms with Crippen LogP contribution < -0.4 is 19.1 Å². The fourth-order valence-corrected chi connectivity index (χ4v) is 4.24. The summed E-state index contributed by atoms with van der Waals surface area (Å²) in [5.41, 5.74) is 2.44. The average Bonchev–Trinajstić information content (AvgIpc) is 3.19. The van der Waals surface area contributed by atoms with Gasteiger partial charge >= 0.3 is 23.9 Å². The number of hydrogen-bond acceptors (Lipinski definition) is 13. The molecular formula is C40H36N2O11. The highest BCUT2D eigenvalue weighted by Crippen LogP contribution is 2.22.